The number of anilines is 4. The SMILES string of the molecule is c1ccc(N2CCN(c3nc(N4CCCCC4)nc(N4CCCCC4)n3)CC2)nc1. The maximum absolute atomic E-state index is 4.94. The second kappa shape index (κ2) is 9.02. The lowest BCUT2D eigenvalue weighted by atomic mass is 10.1. The summed E-state index contributed by atoms with van der Waals surface area (Å²) in [6.07, 6.45) is 9.38. The first-order valence-electron chi connectivity index (χ1n) is 11.5. The van der Waals surface area contributed by atoms with Gasteiger partial charge in [-0.15, -0.1) is 0 Å². The van der Waals surface area contributed by atoms with E-state index >= 15 is 0 Å². The summed E-state index contributed by atoms with van der Waals surface area (Å²) in [7, 11) is 0. The zero-order valence-corrected chi connectivity index (χ0v) is 17.8. The number of aromatic nitrogens is 4. The second-order valence-electron chi connectivity index (χ2n) is 8.49. The van der Waals surface area contributed by atoms with Crippen LogP contribution in [0.25, 0.3) is 0 Å². The summed E-state index contributed by atoms with van der Waals surface area (Å²) in [5.74, 6) is 3.63. The fourth-order valence-corrected chi connectivity index (χ4v) is 4.63. The van der Waals surface area contributed by atoms with Gasteiger partial charge >= 0.3 is 0 Å². The van der Waals surface area contributed by atoms with Gasteiger partial charge in [-0.3, -0.25) is 0 Å². The predicted octanol–water partition coefficient (Wildman–Crippen LogP) is 2.57. The Kier molecular flexibility index (Phi) is 5.81. The second-order valence-corrected chi connectivity index (χ2v) is 8.49. The topological polar surface area (TPSA) is 64.5 Å². The molecule has 30 heavy (non-hydrogen) atoms. The van der Waals surface area contributed by atoms with Crippen LogP contribution in [0.3, 0.4) is 0 Å². The Balaban J connectivity index is 1.36. The van der Waals surface area contributed by atoms with Crippen LogP contribution in [0.5, 0.6) is 0 Å². The molecular formula is C22H32N8. The lowest BCUT2D eigenvalue weighted by Crippen LogP contribution is -2.47. The number of nitrogens with zero attached hydrogens (tertiary/aromatic N) is 8. The molecule has 3 aliphatic heterocycles. The van der Waals surface area contributed by atoms with E-state index in [1.165, 1.54) is 38.5 Å². The number of rotatable bonds is 4. The largest absolute Gasteiger partial charge is 0.353 e. The van der Waals surface area contributed by atoms with Crippen LogP contribution in [0, 0.1) is 0 Å². The monoisotopic (exact) mass is 408 g/mol. The smallest absolute Gasteiger partial charge is 0.232 e. The van der Waals surface area contributed by atoms with Crippen LogP contribution >= 0.6 is 0 Å². The van der Waals surface area contributed by atoms with E-state index in [0.29, 0.717) is 0 Å². The van der Waals surface area contributed by atoms with Gasteiger partial charge in [-0.1, -0.05) is 6.07 Å². The van der Waals surface area contributed by atoms with E-state index in [1.807, 2.05) is 12.3 Å². The third-order valence-corrected chi connectivity index (χ3v) is 6.41. The van der Waals surface area contributed by atoms with Crippen LogP contribution in [-0.4, -0.2) is 72.3 Å². The molecule has 0 bridgehead atoms. The van der Waals surface area contributed by atoms with Crippen molar-refractivity contribution in [3.05, 3.63) is 24.4 Å². The molecule has 0 spiro atoms. The van der Waals surface area contributed by atoms with Gasteiger partial charge in [0.2, 0.25) is 17.8 Å². The Hall–Kier alpha value is -2.64. The van der Waals surface area contributed by atoms with Gasteiger partial charge in [0.15, 0.2) is 0 Å². The van der Waals surface area contributed by atoms with E-state index < -0.39 is 0 Å². The summed E-state index contributed by atoms with van der Waals surface area (Å²) in [5, 5.41) is 0. The van der Waals surface area contributed by atoms with Crippen molar-refractivity contribution >= 4 is 23.7 Å². The van der Waals surface area contributed by atoms with Crippen molar-refractivity contribution in [2.24, 2.45) is 0 Å². The average Bonchev–Trinajstić information content (AvgIpc) is 2.85. The number of hydrogen-bond donors (Lipinski definition) is 0. The molecule has 2 aromatic heterocycles. The highest BCUT2D eigenvalue weighted by atomic mass is 15.4. The van der Waals surface area contributed by atoms with Crippen molar-refractivity contribution in [3.8, 4) is 0 Å². The molecule has 8 heteroatoms. The number of pyridine rings is 1. The highest BCUT2D eigenvalue weighted by Crippen LogP contribution is 2.25. The van der Waals surface area contributed by atoms with Crippen LogP contribution < -0.4 is 19.6 Å². The van der Waals surface area contributed by atoms with E-state index in [9.17, 15) is 0 Å². The van der Waals surface area contributed by atoms with Gasteiger partial charge in [-0.2, -0.15) is 15.0 Å². The Morgan fingerprint density at radius 2 is 0.967 bits per heavy atom. The van der Waals surface area contributed by atoms with E-state index in [2.05, 4.69) is 36.7 Å². The fourth-order valence-electron chi connectivity index (χ4n) is 4.63. The van der Waals surface area contributed by atoms with E-state index in [4.69, 9.17) is 15.0 Å². The van der Waals surface area contributed by atoms with Gasteiger partial charge in [-0.05, 0) is 50.7 Å². The summed E-state index contributed by atoms with van der Waals surface area (Å²) in [5.41, 5.74) is 0. The van der Waals surface area contributed by atoms with Crippen LogP contribution in [0.1, 0.15) is 38.5 Å². The van der Waals surface area contributed by atoms with E-state index in [0.717, 1.165) is 76.0 Å². The predicted molar refractivity (Wildman–Crippen MR) is 121 cm³/mol. The first kappa shape index (κ1) is 19.3. The van der Waals surface area contributed by atoms with Gasteiger partial charge in [0.25, 0.3) is 0 Å². The molecule has 0 radical (unpaired) electrons. The normalized spacial score (nSPS) is 20.5. The summed E-state index contributed by atoms with van der Waals surface area (Å²) in [6.45, 7) is 7.87. The highest BCUT2D eigenvalue weighted by molar-refractivity contribution is 5.49. The maximum Gasteiger partial charge on any atom is 0.232 e. The van der Waals surface area contributed by atoms with E-state index in [1.54, 1.807) is 0 Å². The molecule has 160 valence electrons. The van der Waals surface area contributed by atoms with Crippen LogP contribution in [0.2, 0.25) is 0 Å². The molecule has 0 N–H and O–H groups in total. The Labute approximate surface area is 178 Å². The average molecular weight is 409 g/mol. The van der Waals surface area contributed by atoms with Crippen molar-refractivity contribution < 1.29 is 0 Å². The quantitative estimate of drug-likeness (QED) is 0.765. The van der Waals surface area contributed by atoms with Crippen molar-refractivity contribution in [2.45, 2.75) is 38.5 Å². The molecule has 0 amide bonds. The Bertz CT molecular complexity index is 773. The van der Waals surface area contributed by atoms with Crippen molar-refractivity contribution in [1.82, 2.24) is 19.9 Å². The molecule has 0 aromatic carbocycles. The van der Waals surface area contributed by atoms with Gasteiger partial charge in [0, 0.05) is 58.6 Å². The third kappa shape index (κ3) is 4.27. The molecule has 3 aliphatic rings. The molecule has 2 aromatic rings. The van der Waals surface area contributed by atoms with Gasteiger partial charge < -0.3 is 19.6 Å². The molecule has 3 fully saturated rings. The minimum absolute atomic E-state index is 0.840. The highest BCUT2D eigenvalue weighted by Gasteiger charge is 2.25. The maximum atomic E-state index is 4.94. The molecule has 0 atom stereocenters. The molecule has 5 rings (SSSR count). The van der Waals surface area contributed by atoms with E-state index in [-0.39, 0.29) is 0 Å². The summed E-state index contributed by atoms with van der Waals surface area (Å²) >= 11 is 0. The molecule has 0 unspecified atom stereocenters. The van der Waals surface area contributed by atoms with Gasteiger partial charge in [0.05, 0.1) is 0 Å². The Morgan fingerprint density at radius 3 is 1.43 bits per heavy atom. The standard InChI is InChI=1S/C22H32N8/c1-5-11-28(12-6-1)20-24-21(29-13-7-2-8-14-29)26-22(25-20)30-17-15-27(16-18-30)19-9-3-4-10-23-19/h3-4,9-10H,1-2,5-8,11-18H2. The molecular weight excluding hydrogens is 376 g/mol. The zero-order chi connectivity index (χ0) is 20.2. The van der Waals surface area contributed by atoms with Crippen molar-refractivity contribution in [1.29, 1.82) is 0 Å². The number of piperazine rings is 1. The summed E-state index contributed by atoms with van der Waals surface area (Å²) in [4.78, 5) is 28.7. The Morgan fingerprint density at radius 1 is 0.500 bits per heavy atom. The first-order valence-corrected chi connectivity index (χ1v) is 11.5. The van der Waals surface area contributed by atoms with Crippen LogP contribution in [0.15, 0.2) is 24.4 Å². The van der Waals surface area contributed by atoms with Crippen molar-refractivity contribution in [2.75, 3.05) is 72.0 Å². The third-order valence-electron chi connectivity index (χ3n) is 6.41. The summed E-state index contributed by atoms with van der Waals surface area (Å²) < 4.78 is 0. The lowest BCUT2D eigenvalue weighted by molar-refractivity contribution is 0.553. The van der Waals surface area contributed by atoms with Crippen LogP contribution in [-0.2, 0) is 0 Å². The summed E-state index contributed by atoms with van der Waals surface area (Å²) in [6, 6.07) is 6.10. The van der Waals surface area contributed by atoms with Gasteiger partial charge in [-0.25, -0.2) is 4.98 Å². The number of hydrogen-bond acceptors (Lipinski definition) is 8. The molecule has 0 saturated carbocycles. The molecule has 5 heterocycles. The number of piperidine rings is 2. The molecule has 0 aliphatic carbocycles. The molecule has 8 nitrogen and oxygen atoms in total. The molecule has 3 saturated heterocycles. The van der Waals surface area contributed by atoms with Gasteiger partial charge in [0.1, 0.15) is 5.82 Å². The lowest BCUT2D eigenvalue weighted by Gasteiger charge is -2.36. The van der Waals surface area contributed by atoms with Crippen molar-refractivity contribution in [3.63, 3.8) is 0 Å². The van der Waals surface area contributed by atoms with Crippen LogP contribution in [0.4, 0.5) is 23.7 Å². The first-order chi connectivity index (χ1) is 14.9. The fraction of sp³-hybridized carbons (Fsp3) is 0.636. The zero-order valence-electron chi connectivity index (χ0n) is 17.8. The minimum atomic E-state index is 0.840. The minimum Gasteiger partial charge on any atom is -0.353 e.